The van der Waals surface area contributed by atoms with E-state index in [0.29, 0.717) is 19.0 Å². The first-order valence-electron chi connectivity index (χ1n) is 10.1. The summed E-state index contributed by atoms with van der Waals surface area (Å²) in [6, 6.07) is 7.85. The zero-order chi connectivity index (χ0) is 20.3. The van der Waals surface area contributed by atoms with Gasteiger partial charge in [0.05, 0.1) is 5.56 Å². The summed E-state index contributed by atoms with van der Waals surface area (Å²) in [6.07, 6.45) is 2.66. The predicted octanol–water partition coefficient (Wildman–Crippen LogP) is 4.24. The van der Waals surface area contributed by atoms with Crippen LogP contribution in [-0.4, -0.2) is 47.1 Å². The fourth-order valence-electron chi connectivity index (χ4n) is 3.84. The van der Waals surface area contributed by atoms with E-state index >= 15 is 0 Å². The first-order valence-corrected chi connectivity index (χ1v) is 10.1. The van der Waals surface area contributed by atoms with E-state index in [-0.39, 0.29) is 12.0 Å². The minimum absolute atomic E-state index is 0.0465. The quantitative estimate of drug-likeness (QED) is 0.826. The van der Waals surface area contributed by atoms with Crippen molar-refractivity contribution < 1.29 is 14.3 Å². The number of likely N-dealkylation sites (tertiary alicyclic amines) is 1. The average molecular weight is 386 g/mol. The second kappa shape index (κ2) is 8.25. The van der Waals surface area contributed by atoms with Gasteiger partial charge in [0, 0.05) is 36.2 Å². The van der Waals surface area contributed by atoms with Crippen LogP contribution in [0, 0.1) is 12.8 Å². The van der Waals surface area contributed by atoms with Crippen LogP contribution in [-0.2, 0) is 4.74 Å². The molecule has 152 valence electrons. The zero-order valence-electron chi connectivity index (χ0n) is 17.3. The monoisotopic (exact) mass is 385 g/mol. The Balaban J connectivity index is 1.52. The molecule has 0 saturated carbocycles. The number of aryl methyl sites for hydroxylation is 1. The lowest BCUT2D eigenvalue weighted by atomic mass is 9.95. The van der Waals surface area contributed by atoms with Gasteiger partial charge in [-0.25, -0.2) is 4.79 Å². The van der Waals surface area contributed by atoms with Crippen LogP contribution in [0.2, 0.25) is 0 Å². The van der Waals surface area contributed by atoms with Gasteiger partial charge in [-0.1, -0.05) is 18.2 Å². The highest BCUT2D eigenvalue weighted by Crippen LogP contribution is 2.23. The maximum absolute atomic E-state index is 12.7. The fraction of sp³-hybridized carbons (Fsp3) is 0.545. The fourth-order valence-corrected chi connectivity index (χ4v) is 3.84. The number of para-hydroxylation sites is 1. The molecule has 0 aliphatic carbocycles. The lowest BCUT2D eigenvalue weighted by Gasteiger charge is -2.34. The highest BCUT2D eigenvalue weighted by atomic mass is 16.6. The van der Waals surface area contributed by atoms with Crippen molar-refractivity contribution in [3.63, 3.8) is 0 Å². The Morgan fingerprint density at radius 3 is 2.79 bits per heavy atom. The molecule has 3 rings (SSSR count). The SMILES string of the molecule is Cc1[nH]c2ccccc2c1C(=O)NCCC1CCCN(C(=O)OC(C)(C)C)C1. The molecule has 6 heteroatoms. The number of H-pyrrole nitrogens is 1. The molecule has 1 fully saturated rings. The number of nitrogens with one attached hydrogen (secondary N) is 2. The van der Waals surface area contributed by atoms with Gasteiger partial charge in [-0.15, -0.1) is 0 Å². The number of aromatic amines is 1. The molecule has 0 spiro atoms. The zero-order valence-corrected chi connectivity index (χ0v) is 17.3. The van der Waals surface area contributed by atoms with Crippen LogP contribution >= 0.6 is 0 Å². The lowest BCUT2D eigenvalue weighted by Crippen LogP contribution is -2.43. The van der Waals surface area contributed by atoms with E-state index in [1.807, 2.05) is 52.0 Å². The highest BCUT2D eigenvalue weighted by Gasteiger charge is 2.27. The molecule has 1 aliphatic heterocycles. The molecule has 1 aromatic heterocycles. The van der Waals surface area contributed by atoms with Crippen molar-refractivity contribution >= 4 is 22.9 Å². The van der Waals surface area contributed by atoms with Crippen LogP contribution in [0.5, 0.6) is 0 Å². The van der Waals surface area contributed by atoms with Crippen LogP contribution in [0.1, 0.15) is 56.1 Å². The van der Waals surface area contributed by atoms with E-state index in [1.165, 1.54) is 0 Å². The summed E-state index contributed by atoms with van der Waals surface area (Å²) in [5, 5.41) is 4.00. The highest BCUT2D eigenvalue weighted by molar-refractivity contribution is 6.08. The van der Waals surface area contributed by atoms with E-state index in [9.17, 15) is 9.59 Å². The van der Waals surface area contributed by atoms with Crippen molar-refractivity contribution in [2.45, 2.75) is 52.6 Å². The van der Waals surface area contributed by atoms with Crippen molar-refractivity contribution in [3.05, 3.63) is 35.5 Å². The minimum atomic E-state index is -0.477. The third-order valence-corrected chi connectivity index (χ3v) is 5.13. The molecule has 2 aromatic rings. The molecule has 0 bridgehead atoms. The minimum Gasteiger partial charge on any atom is -0.444 e. The molecule has 2 heterocycles. The molecular weight excluding hydrogens is 354 g/mol. The van der Waals surface area contributed by atoms with Gasteiger partial charge in [-0.05, 0) is 58.9 Å². The van der Waals surface area contributed by atoms with E-state index in [0.717, 1.165) is 48.0 Å². The summed E-state index contributed by atoms with van der Waals surface area (Å²) < 4.78 is 5.49. The summed E-state index contributed by atoms with van der Waals surface area (Å²) >= 11 is 0. The number of nitrogens with zero attached hydrogens (tertiary/aromatic N) is 1. The summed E-state index contributed by atoms with van der Waals surface area (Å²) in [6.45, 7) is 9.61. The normalized spacial score (nSPS) is 17.6. The maximum Gasteiger partial charge on any atom is 0.410 e. The van der Waals surface area contributed by atoms with Gasteiger partial charge in [0.1, 0.15) is 5.60 Å². The molecule has 28 heavy (non-hydrogen) atoms. The predicted molar refractivity (Wildman–Crippen MR) is 111 cm³/mol. The Kier molecular flexibility index (Phi) is 5.96. The van der Waals surface area contributed by atoms with Crippen molar-refractivity contribution in [3.8, 4) is 0 Å². The molecule has 2 N–H and O–H groups in total. The van der Waals surface area contributed by atoms with E-state index in [4.69, 9.17) is 4.74 Å². The summed E-state index contributed by atoms with van der Waals surface area (Å²) in [4.78, 5) is 30.0. The first kappa shape index (κ1) is 20.2. The second-order valence-corrected chi connectivity index (χ2v) is 8.65. The number of hydrogen-bond donors (Lipinski definition) is 2. The van der Waals surface area contributed by atoms with Gasteiger partial charge in [-0.2, -0.15) is 0 Å². The molecule has 1 atom stereocenters. The Bertz CT molecular complexity index is 850. The largest absolute Gasteiger partial charge is 0.444 e. The van der Waals surface area contributed by atoms with Crippen LogP contribution in [0.3, 0.4) is 0 Å². The number of amides is 2. The molecular formula is C22H31N3O3. The number of piperidine rings is 1. The van der Waals surface area contributed by atoms with Crippen molar-refractivity contribution in [1.29, 1.82) is 0 Å². The number of rotatable bonds is 4. The van der Waals surface area contributed by atoms with E-state index in [2.05, 4.69) is 10.3 Å². The smallest absolute Gasteiger partial charge is 0.410 e. The molecule has 6 nitrogen and oxygen atoms in total. The summed E-state index contributed by atoms with van der Waals surface area (Å²) in [5.41, 5.74) is 2.10. The third kappa shape index (κ3) is 4.86. The van der Waals surface area contributed by atoms with Gasteiger partial charge in [-0.3, -0.25) is 4.79 Å². The number of aromatic nitrogens is 1. The van der Waals surface area contributed by atoms with Crippen molar-refractivity contribution in [2.24, 2.45) is 5.92 Å². The number of carbonyl (C=O) groups excluding carboxylic acids is 2. The number of benzene rings is 1. The Labute approximate surface area is 166 Å². The second-order valence-electron chi connectivity index (χ2n) is 8.65. The first-order chi connectivity index (χ1) is 13.2. The van der Waals surface area contributed by atoms with Crippen LogP contribution in [0.15, 0.2) is 24.3 Å². The number of hydrogen-bond acceptors (Lipinski definition) is 3. The Morgan fingerprint density at radius 2 is 2.04 bits per heavy atom. The molecule has 1 aliphatic rings. The summed E-state index contributed by atoms with van der Waals surface area (Å²) in [5.74, 6) is 0.334. The van der Waals surface area contributed by atoms with Gasteiger partial charge >= 0.3 is 6.09 Å². The van der Waals surface area contributed by atoms with Crippen LogP contribution in [0.25, 0.3) is 10.9 Å². The van der Waals surface area contributed by atoms with Crippen molar-refractivity contribution in [2.75, 3.05) is 19.6 Å². The maximum atomic E-state index is 12.7. The standard InChI is InChI=1S/C22H31N3O3/c1-15-19(17-9-5-6-10-18(17)24-15)20(26)23-12-11-16-8-7-13-25(14-16)21(27)28-22(2,3)4/h5-6,9-10,16,24H,7-8,11-14H2,1-4H3,(H,23,26). The third-order valence-electron chi connectivity index (χ3n) is 5.13. The lowest BCUT2D eigenvalue weighted by molar-refractivity contribution is 0.0161. The number of ether oxygens (including phenoxy) is 1. The topological polar surface area (TPSA) is 74.4 Å². The van der Waals surface area contributed by atoms with Crippen LogP contribution in [0.4, 0.5) is 4.79 Å². The number of fused-ring (bicyclic) bond motifs is 1. The molecule has 0 radical (unpaired) electrons. The van der Waals surface area contributed by atoms with E-state index in [1.54, 1.807) is 4.90 Å². The van der Waals surface area contributed by atoms with Gasteiger partial charge in [0.25, 0.3) is 5.91 Å². The summed E-state index contributed by atoms with van der Waals surface area (Å²) in [7, 11) is 0. The Morgan fingerprint density at radius 1 is 1.29 bits per heavy atom. The van der Waals surface area contributed by atoms with Crippen molar-refractivity contribution in [1.82, 2.24) is 15.2 Å². The molecule has 2 amide bonds. The van der Waals surface area contributed by atoms with Gasteiger partial charge < -0.3 is 19.9 Å². The average Bonchev–Trinajstić information content (AvgIpc) is 2.96. The molecule has 1 saturated heterocycles. The number of carbonyl (C=O) groups is 2. The molecule has 1 unspecified atom stereocenters. The Hall–Kier alpha value is -2.50. The van der Waals surface area contributed by atoms with Gasteiger partial charge in [0.2, 0.25) is 0 Å². The molecule has 1 aromatic carbocycles. The van der Waals surface area contributed by atoms with E-state index < -0.39 is 5.60 Å². The van der Waals surface area contributed by atoms with Crippen LogP contribution < -0.4 is 5.32 Å². The van der Waals surface area contributed by atoms with Gasteiger partial charge in [0.15, 0.2) is 0 Å².